The van der Waals surface area contributed by atoms with Crippen LogP contribution in [0, 0.1) is 0 Å². The summed E-state index contributed by atoms with van der Waals surface area (Å²) in [6, 6.07) is 7.51. The van der Waals surface area contributed by atoms with Crippen LogP contribution in [0.15, 0.2) is 36.9 Å². The smallest absolute Gasteiger partial charge is 0.319 e. The van der Waals surface area contributed by atoms with Gasteiger partial charge in [-0.15, -0.1) is 6.58 Å². The Bertz CT molecular complexity index is 887. The van der Waals surface area contributed by atoms with Crippen LogP contribution in [0.5, 0.6) is 0 Å². The molecule has 7 heteroatoms. The van der Waals surface area contributed by atoms with Crippen molar-refractivity contribution in [1.29, 1.82) is 0 Å². The molecule has 3 heterocycles. The monoisotopic (exact) mass is 427 g/mol. The van der Waals surface area contributed by atoms with Gasteiger partial charge in [0.25, 0.3) is 0 Å². The number of carbonyl (C=O) groups is 1. The second-order valence-electron chi connectivity index (χ2n) is 7.64. The van der Waals surface area contributed by atoms with Crippen molar-refractivity contribution in [2.75, 3.05) is 31.6 Å². The van der Waals surface area contributed by atoms with Crippen molar-refractivity contribution < 1.29 is 12.4 Å². The number of allylic oxidation sites excluding steroid dienone is 1. The Kier molecular flexibility index (Phi) is 8.55. The van der Waals surface area contributed by atoms with Crippen LogP contribution in [-0.2, 0) is 17.7 Å². The van der Waals surface area contributed by atoms with Crippen LogP contribution in [0.1, 0.15) is 52.4 Å². The molecule has 7 nitrogen and oxygen atoms in total. The third kappa shape index (κ3) is 6.12. The van der Waals surface area contributed by atoms with Gasteiger partial charge in [-0.05, 0) is 69.5 Å². The summed E-state index contributed by atoms with van der Waals surface area (Å²) < 4.78 is 5.55. The molecule has 0 spiro atoms. The van der Waals surface area contributed by atoms with Crippen LogP contribution in [0.4, 0.5) is 10.5 Å². The molecule has 0 aliphatic carbocycles. The number of nitrogens with one attached hydrogen (secondary N) is 3. The van der Waals surface area contributed by atoms with Crippen LogP contribution in [0.3, 0.4) is 0 Å². The van der Waals surface area contributed by atoms with Gasteiger partial charge >= 0.3 is 6.03 Å². The lowest BCUT2D eigenvalue weighted by Crippen LogP contribution is -2.28. The van der Waals surface area contributed by atoms with Crippen LogP contribution >= 0.6 is 0 Å². The summed E-state index contributed by atoms with van der Waals surface area (Å²) in [5, 5.41) is 8.97. The van der Waals surface area contributed by atoms with E-state index in [-0.39, 0.29) is 8.88 Å². The topological polar surface area (TPSA) is 88.2 Å². The molecule has 1 fully saturated rings. The van der Waals surface area contributed by atoms with Gasteiger partial charge in [0.2, 0.25) is 0 Å². The van der Waals surface area contributed by atoms with Crippen molar-refractivity contribution in [3.05, 3.63) is 53.9 Å². The number of amides is 2. The Morgan fingerprint density at radius 1 is 1.29 bits per heavy atom. The number of aromatic nitrogens is 2. The van der Waals surface area contributed by atoms with Crippen molar-refractivity contribution in [3.8, 4) is 11.4 Å². The first kappa shape index (κ1) is 22.9. The summed E-state index contributed by atoms with van der Waals surface area (Å²) in [6.45, 7) is 11.1. The highest BCUT2D eigenvalue weighted by molar-refractivity contribution is 5.89. The molecule has 0 saturated carbocycles. The van der Waals surface area contributed by atoms with E-state index < -0.39 is 0 Å². The molecular formula is C24H37N5O2. The maximum Gasteiger partial charge on any atom is 0.319 e. The van der Waals surface area contributed by atoms with Crippen LogP contribution in [-0.4, -0.2) is 42.3 Å². The average Bonchev–Trinajstić information content (AvgIpc) is 2.80. The van der Waals surface area contributed by atoms with E-state index in [4.69, 9.17) is 14.7 Å². The number of anilines is 1. The molecule has 170 valence electrons. The Hall–Kier alpha value is -2.77. The summed E-state index contributed by atoms with van der Waals surface area (Å²) in [6.07, 6.45) is 4.77. The van der Waals surface area contributed by atoms with Gasteiger partial charge in [-0.25, -0.2) is 14.8 Å². The normalized spacial score (nSPS) is 15.8. The lowest BCUT2D eigenvalue weighted by Gasteiger charge is -2.27. The fourth-order valence-corrected chi connectivity index (χ4v) is 3.86. The molecule has 2 aromatic rings. The highest BCUT2D eigenvalue weighted by atomic mass is 16.5. The Morgan fingerprint density at radius 2 is 2.00 bits per heavy atom. The molecule has 2 amide bonds. The van der Waals surface area contributed by atoms with E-state index in [2.05, 4.69) is 22.5 Å². The third-order valence-corrected chi connectivity index (χ3v) is 5.32. The van der Waals surface area contributed by atoms with Gasteiger partial charge in [-0.2, -0.15) is 0 Å². The molecular weight excluding hydrogens is 390 g/mol. The van der Waals surface area contributed by atoms with Crippen molar-refractivity contribution in [1.82, 2.24) is 20.6 Å². The molecule has 2 aliphatic rings. The molecule has 1 saturated heterocycles. The second kappa shape index (κ2) is 11.6. The minimum atomic E-state index is -0.201. The molecule has 4 rings (SSSR count). The van der Waals surface area contributed by atoms with Gasteiger partial charge in [-0.1, -0.05) is 6.08 Å². The maximum absolute atomic E-state index is 11.7. The first-order chi connectivity index (χ1) is 15.2. The van der Waals surface area contributed by atoms with E-state index in [1.54, 1.807) is 6.08 Å². The van der Waals surface area contributed by atoms with Crippen molar-refractivity contribution in [2.45, 2.75) is 45.6 Å². The van der Waals surface area contributed by atoms with Gasteiger partial charge in [-0.3, -0.25) is 0 Å². The van der Waals surface area contributed by atoms with E-state index in [1.807, 2.05) is 38.1 Å². The molecule has 0 atom stereocenters. The summed E-state index contributed by atoms with van der Waals surface area (Å²) in [7, 11) is 0. The standard InChI is InChI=1S/C21H27N5O2.C3H6.2H2/c1-2-23-21(27)24-16-5-3-15(4-6-16)20-25-18-13-22-10-7-17(18)19(26-20)14-8-11-28-12-9-14;1-3-2;;/h3-6,14,22H,2,7-13H2,1H3,(H2,23,24,27);3H,1H2,2H3;2*1H. The Labute approximate surface area is 187 Å². The van der Waals surface area contributed by atoms with Gasteiger partial charge in [0.15, 0.2) is 5.82 Å². The maximum atomic E-state index is 11.7. The van der Waals surface area contributed by atoms with Crippen molar-refractivity contribution in [3.63, 3.8) is 0 Å². The van der Waals surface area contributed by atoms with E-state index in [0.717, 1.165) is 68.3 Å². The summed E-state index contributed by atoms with van der Waals surface area (Å²) in [5.41, 5.74) is 5.35. The SMILES string of the molecule is C=CC.CCNC(=O)Nc1ccc(-c2nc3c(c(C4CCOCC4)n2)CCNC3)cc1.[HH].[HH]. The number of fused-ring (bicyclic) bond motifs is 1. The van der Waals surface area contributed by atoms with E-state index >= 15 is 0 Å². The molecule has 1 aromatic carbocycles. The number of hydrogen-bond acceptors (Lipinski definition) is 5. The Morgan fingerprint density at radius 3 is 2.68 bits per heavy atom. The fraction of sp³-hybridized carbons (Fsp3) is 0.458. The van der Waals surface area contributed by atoms with E-state index in [9.17, 15) is 4.79 Å². The zero-order valence-corrected chi connectivity index (χ0v) is 18.5. The number of ether oxygens (including phenoxy) is 1. The molecule has 0 bridgehead atoms. The molecule has 31 heavy (non-hydrogen) atoms. The number of nitrogens with zero attached hydrogens (tertiary/aromatic N) is 2. The molecule has 1 aromatic heterocycles. The highest BCUT2D eigenvalue weighted by Gasteiger charge is 2.25. The van der Waals surface area contributed by atoms with E-state index in [0.29, 0.717) is 12.5 Å². The third-order valence-electron chi connectivity index (χ3n) is 5.32. The number of hydrogen-bond donors (Lipinski definition) is 3. The summed E-state index contributed by atoms with van der Waals surface area (Å²) in [5.74, 6) is 1.20. The van der Waals surface area contributed by atoms with E-state index in [1.165, 1.54) is 11.3 Å². The van der Waals surface area contributed by atoms with Crippen LogP contribution in [0.25, 0.3) is 11.4 Å². The molecule has 0 radical (unpaired) electrons. The zero-order valence-electron chi connectivity index (χ0n) is 18.5. The Balaban J connectivity index is 0.00000103. The van der Waals surface area contributed by atoms with Gasteiger partial charge in [0.1, 0.15) is 0 Å². The minimum absolute atomic E-state index is 0. The fourth-order valence-electron chi connectivity index (χ4n) is 3.86. The number of carbonyl (C=O) groups excluding carboxylic acids is 1. The predicted molar refractivity (Wildman–Crippen MR) is 128 cm³/mol. The lowest BCUT2D eigenvalue weighted by molar-refractivity contribution is 0.0842. The first-order valence-electron chi connectivity index (χ1n) is 11.1. The molecule has 2 aliphatic heterocycles. The largest absolute Gasteiger partial charge is 0.381 e. The molecule has 0 unspecified atom stereocenters. The highest BCUT2D eigenvalue weighted by Crippen LogP contribution is 2.32. The summed E-state index contributed by atoms with van der Waals surface area (Å²) in [4.78, 5) is 21.5. The number of benzene rings is 1. The number of rotatable bonds is 4. The van der Waals surface area contributed by atoms with Gasteiger partial charge in [0.05, 0.1) is 11.4 Å². The molecule has 3 N–H and O–H groups in total. The minimum Gasteiger partial charge on any atom is -0.381 e. The van der Waals surface area contributed by atoms with Crippen molar-refractivity contribution >= 4 is 11.7 Å². The number of urea groups is 1. The van der Waals surface area contributed by atoms with Crippen LogP contribution in [0.2, 0.25) is 0 Å². The summed E-state index contributed by atoms with van der Waals surface area (Å²) >= 11 is 0. The second-order valence-corrected chi connectivity index (χ2v) is 7.64. The van der Waals surface area contributed by atoms with Gasteiger partial charge < -0.3 is 20.7 Å². The van der Waals surface area contributed by atoms with Gasteiger partial charge in [0, 0.05) is 46.3 Å². The first-order valence-corrected chi connectivity index (χ1v) is 11.1. The zero-order chi connectivity index (χ0) is 22.1. The predicted octanol–water partition coefficient (Wildman–Crippen LogP) is 4.51. The lowest BCUT2D eigenvalue weighted by atomic mass is 9.89. The van der Waals surface area contributed by atoms with Crippen LogP contribution < -0.4 is 16.0 Å². The van der Waals surface area contributed by atoms with Crippen molar-refractivity contribution in [2.24, 2.45) is 0 Å². The average molecular weight is 428 g/mol. The quantitative estimate of drug-likeness (QED) is 0.625.